The summed E-state index contributed by atoms with van der Waals surface area (Å²) < 4.78 is 0. The Labute approximate surface area is 141 Å². The van der Waals surface area contributed by atoms with Crippen molar-refractivity contribution in [2.75, 3.05) is 0 Å². The highest BCUT2D eigenvalue weighted by atomic mass is 16.4. The Balaban J connectivity index is 2.15. The van der Waals surface area contributed by atoms with Crippen molar-refractivity contribution in [2.45, 2.75) is 39.0 Å². The van der Waals surface area contributed by atoms with Gasteiger partial charge in [-0.2, -0.15) is 0 Å². The lowest BCUT2D eigenvalue weighted by molar-refractivity contribution is -0.117. The van der Waals surface area contributed by atoms with E-state index in [-0.39, 0.29) is 35.5 Å². The highest BCUT2D eigenvalue weighted by Crippen LogP contribution is 2.27. The van der Waals surface area contributed by atoms with Gasteiger partial charge in [0.25, 0.3) is 0 Å². The number of aromatic carboxylic acids is 1. The van der Waals surface area contributed by atoms with Crippen molar-refractivity contribution >= 4 is 11.8 Å². The predicted molar refractivity (Wildman–Crippen MR) is 90.4 cm³/mol. The maximum absolute atomic E-state index is 12.3. The summed E-state index contributed by atoms with van der Waals surface area (Å²) in [6.07, 6.45) is 1.58. The molecule has 2 rings (SSSR count). The highest BCUT2D eigenvalue weighted by molar-refractivity contribution is 5.87. The molecule has 0 aliphatic carbocycles. The van der Waals surface area contributed by atoms with Gasteiger partial charge in [0.2, 0.25) is 0 Å². The number of pyridine rings is 1. The van der Waals surface area contributed by atoms with E-state index in [4.69, 9.17) is 5.11 Å². The Morgan fingerprint density at radius 1 is 1.08 bits per heavy atom. The van der Waals surface area contributed by atoms with Crippen LogP contribution in [0, 0.1) is 0 Å². The normalized spacial score (nSPS) is 11.3. The molecule has 24 heavy (non-hydrogen) atoms. The van der Waals surface area contributed by atoms with Gasteiger partial charge >= 0.3 is 5.97 Å². The summed E-state index contributed by atoms with van der Waals surface area (Å²) in [5.74, 6) is -1.13. The third-order valence-electron chi connectivity index (χ3n) is 3.78. The molecule has 0 aliphatic rings. The van der Waals surface area contributed by atoms with Crippen LogP contribution in [-0.4, -0.2) is 26.9 Å². The van der Waals surface area contributed by atoms with Crippen LogP contribution in [0.3, 0.4) is 0 Å². The Morgan fingerprint density at radius 2 is 1.79 bits per heavy atom. The lowest BCUT2D eigenvalue weighted by Crippen LogP contribution is -2.13. The van der Waals surface area contributed by atoms with Gasteiger partial charge in [0.05, 0.1) is 0 Å². The quantitative estimate of drug-likeness (QED) is 0.881. The van der Waals surface area contributed by atoms with Gasteiger partial charge < -0.3 is 10.2 Å². The van der Waals surface area contributed by atoms with E-state index in [2.05, 4.69) is 25.8 Å². The zero-order valence-electron chi connectivity index (χ0n) is 14.0. The number of carbonyl (C=O) groups is 2. The number of hydrogen-bond donors (Lipinski definition) is 2. The molecule has 1 aromatic heterocycles. The number of carboxylic acids is 1. The van der Waals surface area contributed by atoms with Crippen LogP contribution < -0.4 is 0 Å². The minimum Gasteiger partial charge on any atom is -0.508 e. The molecule has 0 amide bonds. The molecule has 0 atom stereocenters. The van der Waals surface area contributed by atoms with Gasteiger partial charge in [-0.15, -0.1) is 0 Å². The van der Waals surface area contributed by atoms with Crippen molar-refractivity contribution in [3.63, 3.8) is 0 Å². The van der Waals surface area contributed by atoms with Crippen LogP contribution in [0.15, 0.2) is 36.5 Å². The number of aromatic hydroxyl groups is 1. The Bertz CT molecular complexity index is 775. The molecule has 2 aromatic rings. The summed E-state index contributed by atoms with van der Waals surface area (Å²) in [6.45, 7) is 6.19. The molecule has 2 N–H and O–H groups in total. The van der Waals surface area contributed by atoms with Gasteiger partial charge in [-0.3, -0.25) is 4.79 Å². The average Bonchev–Trinajstić information content (AvgIpc) is 2.48. The summed E-state index contributed by atoms with van der Waals surface area (Å²) in [7, 11) is 0. The molecule has 0 unspecified atom stereocenters. The van der Waals surface area contributed by atoms with Crippen molar-refractivity contribution in [3.05, 3.63) is 58.9 Å². The molecule has 1 aromatic carbocycles. The van der Waals surface area contributed by atoms with Gasteiger partial charge in [-0.05, 0) is 34.7 Å². The molecule has 0 radical (unpaired) electrons. The van der Waals surface area contributed by atoms with E-state index in [1.807, 2.05) is 12.1 Å². The highest BCUT2D eigenvalue weighted by Gasteiger charge is 2.17. The number of aromatic nitrogens is 1. The fraction of sp³-hybridized carbons (Fsp3) is 0.316. The van der Waals surface area contributed by atoms with Crippen molar-refractivity contribution in [3.8, 4) is 5.75 Å². The Hall–Kier alpha value is -2.69. The van der Waals surface area contributed by atoms with Crippen molar-refractivity contribution in [1.82, 2.24) is 4.98 Å². The van der Waals surface area contributed by atoms with Gasteiger partial charge in [0.15, 0.2) is 0 Å². The van der Waals surface area contributed by atoms with E-state index in [0.717, 1.165) is 5.56 Å². The second kappa shape index (κ2) is 6.83. The fourth-order valence-electron chi connectivity index (χ4n) is 2.40. The first-order valence-electron chi connectivity index (χ1n) is 7.69. The maximum atomic E-state index is 12.3. The van der Waals surface area contributed by atoms with Gasteiger partial charge in [-0.25, -0.2) is 9.78 Å². The molecule has 0 aliphatic heterocycles. The minimum absolute atomic E-state index is 0.0764. The smallest absolute Gasteiger partial charge is 0.354 e. The summed E-state index contributed by atoms with van der Waals surface area (Å²) in [5, 5.41) is 18.9. The molecule has 126 valence electrons. The van der Waals surface area contributed by atoms with Crippen LogP contribution in [0.1, 0.15) is 48.0 Å². The molecule has 5 nitrogen and oxygen atoms in total. The first-order valence-corrected chi connectivity index (χ1v) is 7.69. The average molecular weight is 327 g/mol. The van der Waals surface area contributed by atoms with Crippen LogP contribution in [0.4, 0.5) is 0 Å². The van der Waals surface area contributed by atoms with Crippen LogP contribution in [0.25, 0.3) is 0 Å². The summed E-state index contributed by atoms with van der Waals surface area (Å²) in [5.41, 5.74) is 2.06. The topological polar surface area (TPSA) is 87.5 Å². The van der Waals surface area contributed by atoms with Crippen LogP contribution in [0.5, 0.6) is 5.75 Å². The van der Waals surface area contributed by atoms with Crippen molar-refractivity contribution < 1.29 is 19.8 Å². The van der Waals surface area contributed by atoms with E-state index in [9.17, 15) is 14.7 Å². The summed E-state index contributed by atoms with van der Waals surface area (Å²) in [4.78, 5) is 27.0. The van der Waals surface area contributed by atoms with Gasteiger partial charge in [-0.1, -0.05) is 32.9 Å². The van der Waals surface area contributed by atoms with Crippen LogP contribution in [0.2, 0.25) is 0 Å². The molecule has 0 saturated carbocycles. The van der Waals surface area contributed by atoms with E-state index in [1.54, 1.807) is 12.1 Å². The number of Topliss-reactive ketones (excluding diaryl/α,β-unsaturated/α-hetero) is 1. The molecular weight excluding hydrogens is 306 g/mol. The molecule has 1 heterocycles. The Morgan fingerprint density at radius 3 is 2.42 bits per heavy atom. The molecule has 0 bridgehead atoms. The number of rotatable bonds is 5. The molecule has 5 heteroatoms. The van der Waals surface area contributed by atoms with E-state index in [1.165, 1.54) is 12.3 Å². The second-order valence-corrected chi connectivity index (χ2v) is 6.84. The molecule has 0 fully saturated rings. The molecule has 0 spiro atoms. The van der Waals surface area contributed by atoms with Crippen molar-refractivity contribution in [1.29, 1.82) is 0 Å². The zero-order chi connectivity index (χ0) is 17.9. The number of carbonyl (C=O) groups excluding carboxylic acids is 1. The first kappa shape index (κ1) is 17.7. The second-order valence-electron chi connectivity index (χ2n) is 6.84. The van der Waals surface area contributed by atoms with E-state index < -0.39 is 5.97 Å². The van der Waals surface area contributed by atoms with Gasteiger partial charge in [0, 0.05) is 24.6 Å². The monoisotopic (exact) mass is 327 g/mol. The van der Waals surface area contributed by atoms with E-state index in [0.29, 0.717) is 11.1 Å². The standard InChI is InChI=1S/C19H21NO4/c1-19(2,3)14-4-5-17(22)13(10-14)11-15(21)8-12-6-7-20-16(9-12)18(23)24/h4-7,9-10,22H,8,11H2,1-3H3,(H,23,24). The van der Waals surface area contributed by atoms with Crippen LogP contribution >= 0.6 is 0 Å². The largest absolute Gasteiger partial charge is 0.508 e. The summed E-state index contributed by atoms with van der Waals surface area (Å²) >= 11 is 0. The minimum atomic E-state index is -1.13. The number of phenolic OH excluding ortho intramolecular Hbond substituents is 1. The Kier molecular flexibility index (Phi) is 5.02. The maximum Gasteiger partial charge on any atom is 0.354 e. The third kappa shape index (κ3) is 4.41. The van der Waals surface area contributed by atoms with Crippen LogP contribution in [-0.2, 0) is 23.1 Å². The van der Waals surface area contributed by atoms with Gasteiger partial charge in [0.1, 0.15) is 17.2 Å². The zero-order valence-corrected chi connectivity index (χ0v) is 14.0. The number of benzene rings is 1. The third-order valence-corrected chi connectivity index (χ3v) is 3.78. The lowest BCUT2D eigenvalue weighted by Gasteiger charge is -2.20. The fourth-order valence-corrected chi connectivity index (χ4v) is 2.40. The number of nitrogens with zero attached hydrogens (tertiary/aromatic N) is 1. The number of ketones is 1. The number of hydrogen-bond acceptors (Lipinski definition) is 4. The number of carboxylic acid groups (broad SMARTS) is 1. The van der Waals surface area contributed by atoms with Crippen molar-refractivity contribution in [2.24, 2.45) is 0 Å². The predicted octanol–water partition coefficient (Wildman–Crippen LogP) is 3.14. The van der Waals surface area contributed by atoms with E-state index >= 15 is 0 Å². The lowest BCUT2D eigenvalue weighted by atomic mass is 9.85. The molecule has 0 saturated heterocycles. The number of phenols is 1. The first-order chi connectivity index (χ1) is 11.2. The SMILES string of the molecule is CC(C)(C)c1ccc(O)c(CC(=O)Cc2ccnc(C(=O)O)c2)c1. The summed E-state index contributed by atoms with van der Waals surface area (Å²) in [6, 6.07) is 8.33. The molecular formula is C19H21NO4.